The summed E-state index contributed by atoms with van der Waals surface area (Å²) in [5.41, 5.74) is 7.93. The summed E-state index contributed by atoms with van der Waals surface area (Å²) in [6, 6.07) is 10.5. The third kappa shape index (κ3) is 3.59. The zero-order valence-corrected chi connectivity index (χ0v) is 12.4. The van der Waals surface area contributed by atoms with Crippen molar-refractivity contribution in [2.24, 2.45) is 5.73 Å². The molecule has 0 bridgehead atoms. The Kier molecular flexibility index (Phi) is 4.80. The number of benzene rings is 1. The fraction of sp³-hybridized carbons (Fsp3) is 0.471. The van der Waals surface area contributed by atoms with Gasteiger partial charge in [-0.15, -0.1) is 0 Å². The third-order valence-electron chi connectivity index (χ3n) is 4.14. The second kappa shape index (κ2) is 6.98. The number of pyridine rings is 1. The molecule has 1 aromatic carbocycles. The monoisotopic (exact) mass is 285 g/mol. The second-order valence-electron chi connectivity index (χ2n) is 5.62. The first kappa shape index (κ1) is 14.4. The number of rotatable bonds is 5. The number of hydrogen-bond acceptors (Lipinski definition) is 4. The first-order chi connectivity index (χ1) is 10.4. The van der Waals surface area contributed by atoms with Crippen LogP contribution < -0.4 is 5.73 Å². The third-order valence-corrected chi connectivity index (χ3v) is 4.14. The molecule has 1 aliphatic heterocycles. The van der Waals surface area contributed by atoms with Crippen LogP contribution in [-0.2, 0) is 11.3 Å². The van der Waals surface area contributed by atoms with E-state index in [4.69, 9.17) is 10.5 Å². The molecule has 0 spiro atoms. The minimum atomic E-state index is 0.388. The normalized spacial score (nSPS) is 17.4. The van der Waals surface area contributed by atoms with Crippen LogP contribution in [-0.4, -0.2) is 42.2 Å². The summed E-state index contributed by atoms with van der Waals surface area (Å²) >= 11 is 0. The molecule has 3 rings (SSSR count). The molecule has 2 N–H and O–H groups in total. The van der Waals surface area contributed by atoms with Gasteiger partial charge < -0.3 is 10.5 Å². The van der Waals surface area contributed by atoms with Gasteiger partial charge in [-0.3, -0.25) is 9.88 Å². The fourth-order valence-corrected chi connectivity index (χ4v) is 3.00. The van der Waals surface area contributed by atoms with E-state index in [2.05, 4.69) is 34.1 Å². The minimum absolute atomic E-state index is 0.388. The second-order valence-corrected chi connectivity index (χ2v) is 5.62. The first-order valence-electron chi connectivity index (χ1n) is 7.73. The van der Waals surface area contributed by atoms with Crippen molar-refractivity contribution in [1.29, 1.82) is 0 Å². The van der Waals surface area contributed by atoms with Crippen molar-refractivity contribution in [3.8, 4) is 0 Å². The van der Waals surface area contributed by atoms with E-state index in [1.807, 2.05) is 12.3 Å². The Bertz CT molecular complexity index is 574. The number of fused-ring (bicyclic) bond motifs is 1. The van der Waals surface area contributed by atoms with E-state index in [0.29, 0.717) is 19.3 Å². The predicted octanol–water partition coefficient (Wildman–Crippen LogP) is 2.17. The molecule has 0 aliphatic carbocycles. The van der Waals surface area contributed by atoms with Crippen LogP contribution in [0, 0.1) is 0 Å². The lowest BCUT2D eigenvalue weighted by Gasteiger charge is -2.32. The molecule has 2 heterocycles. The molecule has 2 aromatic rings. The van der Waals surface area contributed by atoms with E-state index in [1.165, 1.54) is 10.9 Å². The highest BCUT2D eigenvalue weighted by molar-refractivity contribution is 5.81. The van der Waals surface area contributed by atoms with Gasteiger partial charge in [0, 0.05) is 37.8 Å². The lowest BCUT2D eigenvalue weighted by Crippen LogP contribution is -2.37. The molecule has 0 atom stereocenters. The average molecular weight is 285 g/mol. The molecule has 1 fully saturated rings. The molecule has 0 saturated carbocycles. The van der Waals surface area contributed by atoms with Crippen molar-refractivity contribution in [3.63, 3.8) is 0 Å². The van der Waals surface area contributed by atoms with Crippen molar-refractivity contribution >= 4 is 10.9 Å². The Hall–Kier alpha value is -1.49. The molecule has 4 heteroatoms. The van der Waals surface area contributed by atoms with Crippen LogP contribution in [0.3, 0.4) is 0 Å². The summed E-state index contributed by atoms with van der Waals surface area (Å²) < 4.78 is 5.74. The zero-order chi connectivity index (χ0) is 14.5. The summed E-state index contributed by atoms with van der Waals surface area (Å²) in [7, 11) is 0. The largest absolute Gasteiger partial charge is 0.377 e. The van der Waals surface area contributed by atoms with Gasteiger partial charge in [0.2, 0.25) is 0 Å². The highest BCUT2D eigenvalue weighted by Gasteiger charge is 2.19. The van der Waals surface area contributed by atoms with Gasteiger partial charge in [0.15, 0.2) is 0 Å². The molecule has 0 amide bonds. The van der Waals surface area contributed by atoms with Gasteiger partial charge >= 0.3 is 0 Å². The highest BCUT2D eigenvalue weighted by atomic mass is 16.5. The van der Waals surface area contributed by atoms with Gasteiger partial charge in [0.25, 0.3) is 0 Å². The number of ether oxygens (including phenoxy) is 1. The summed E-state index contributed by atoms with van der Waals surface area (Å²) in [6.07, 6.45) is 4.50. The molecule has 1 aliphatic rings. The lowest BCUT2D eigenvalue weighted by molar-refractivity contribution is 0.00986. The van der Waals surface area contributed by atoms with E-state index < -0.39 is 0 Å². The van der Waals surface area contributed by atoms with Crippen LogP contribution in [0.25, 0.3) is 10.9 Å². The predicted molar refractivity (Wildman–Crippen MR) is 85.0 cm³/mol. The smallest absolute Gasteiger partial charge is 0.0705 e. The summed E-state index contributed by atoms with van der Waals surface area (Å²) in [5.74, 6) is 0. The molecule has 0 unspecified atom stereocenters. The summed E-state index contributed by atoms with van der Waals surface area (Å²) in [5, 5.41) is 1.27. The lowest BCUT2D eigenvalue weighted by atomic mass is 10.0. The first-order valence-corrected chi connectivity index (χ1v) is 7.73. The number of piperidine rings is 1. The maximum Gasteiger partial charge on any atom is 0.0705 e. The molecule has 21 heavy (non-hydrogen) atoms. The maximum atomic E-state index is 5.74. The topological polar surface area (TPSA) is 51.4 Å². The summed E-state index contributed by atoms with van der Waals surface area (Å²) in [6.45, 7) is 4.47. The Labute approximate surface area is 125 Å². The summed E-state index contributed by atoms with van der Waals surface area (Å²) in [4.78, 5) is 6.93. The molecule has 1 aromatic heterocycles. The zero-order valence-electron chi connectivity index (χ0n) is 12.4. The number of nitrogens with two attached hydrogens (primary N) is 1. The van der Waals surface area contributed by atoms with Crippen LogP contribution in [0.1, 0.15) is 18.4 Å². The van der Waals surface area contributed by atoms with Gasteiger partial charge in [0.1, 0.15) is 0 Å². The van der Waals surface area contributed by atoms with Gasteiger partial charge in [-0.05, 0) is 30.5 Å². The van der Waals surface area contributed by atoms with Crippen molar-refractivity contribution in [1.82, 2.24) is 9.88 Å². The maximum absolute atomic E-state index is 5.74. The number of hydrogen-bond donors (Lipinski definition) is 1. The van der Waals surface area contributed by atoms with E-state index >= 15 is 0 Å². The Morgan fingerprint density at radius 1 is 1.19 bits per heavy atom. The molecule has 112 valence electrons. The molecule has 4 nitrogen and oxygen atoms in total. The van der Waals surface area contributed by atoms with Gasteiger partial charge in [-0.1, -0.05) is 18.2 Å². The van der Waals surface area contributed by atoms with Crippen molar-refractivity contribution < 1.29 is 4.74 Å². The van der Waals surface area contributed by atoms with Crippen LogP contribution in [0.2, 0.25) is 0 Å². The van der Waals surface area contributed by atoms with Crippen LogP contribution >= 0.6 is 0 Å². The number of para-hydroxylation sites is 1. The Morgan fingerprint density at radius 2 is 2.00 bits per heavy atom. The van der Waals surface area contributed by atoms with Gasteiger partial charge in [0.05, 0.1) is 18.2 Å². The number of aromatic nitrogens is 1. The van der Waals surface area contributed by atoms with Crippen LogP contribution in [0.5, 0.6) is 0 Å². The van der Waals surface area contributed by atoms with Gasteiger partial charge in [-0.25, -0.2) is 0 Å². The fourth-order valence-electron chi connectivity index (χ4n) is 3.00. The van der Waals surface area contributed by atoms with Crippen LogP contribution in [0.4, 0.5) is 0 Å². The standard InChI is InChI=1S/C17H23N3O/c18-8-12-21-15-6-10-20(11-7-15)13-14-5-9-19-17-4-2-1-3-16(14)17/h1-5,9,15H,6-8,10-13,18H2. The average Bonchev–Trinajstić information content (AvgIpc) is 2.55. The molecule has 1 saturated heterocycles. The molecular weight excluding hydrogens is 262 g/mol. The highest BCUT2D eigenvalue weighted by Crippen LogP contribution is 2.21. The Balaban J connectivity index is 1.62. The van der Waals surface area contributed by atoms with E-state index in [1.54, 1.807) is 0 Å². The SMILES string of the molecule is NCCOC1CCN(Cc2ccnc3ccccc23)CC1. The minimum Gasteiger partial charge on any atom is -0.377 e. The van der Waals surface area contributed by atoms with E-state index in [9.17, 15) is 0 Å². The number of nitrogens with zero attached hydrogens (tertiary/aromatic N) is 2. The number of likely N-dealkylation sites (tertiary alicyclic amines) is 1. The van der Waals surface area contributed by atoms with Crippen molar-refractivity contribution in [3.05, 3.63) is 42.1 Å². The van der Waals surface area contributed by atoms with Crippen molar-refractivity contribution in [2.75, 3.05) is 26.2 Å². The quantitative estimate of drug-likeness (QED) is 0.915. The molecular formula is C17H23N3O. The molecule has 0 radical (unpaired) electrons. The Morgan fingerprint density at radius 3 is 2.81 bits per heavy atom. The van der Waals surface area contributed by atoms with E-state index in [0.717, 1.165) is 38.0 Å². The van der Waals surface area contributed by atoms with Gasteiger partial charge in [-0.2, -0.15) is 0 Å². The van der Waals surface area contributed by atoms with E-state index in [-0.39, 0.29) is 0 Å². The van der Waals surface area contributed by atoms with Crippen LogP contribution in [0.15, 0.2) is 36.5 Å². The van der Waals surface area contributed by atoms with Crippen molar-refractivity contribution in [2.45, 2.75) is 25.5 Å².